The van der Waals surface area contributed by atoms with Crippen LogP contribution in [0.15, 0.2) is 42.5 Å². The second kappa shape index (κ2) is 7.36. The zero-order valence-electron chi connectivity index (χ0n) is 12.8. The second-order valence-electron chi connectivity index (χ2n) is 5.03. The summed E-state index contributed by atoms with van der Waals surface area (Å²) in [5, 5.41) is 13.6. The van der Waals surface area contributed by atoms with Gasteiger partial charge in [0.15, 0.2) is 5.78 Å². The SMILES string of the molecule is CC(=O)c1ccc(F)c(Nc2ccc(C(=O)NCC(=O)O)cc2)c1. The fourth-order valence-electron chi connectivity index (χ4n) is 1.96. The average Bonchev–Trinajstić information content (AvgIpc) is 2.55. The molecule has 2 aromatic rings. The van der Waals surface area contributed by atoms with Gasteiger partial charge in [-0.15, -0.1) is 0 Å². The van der Waals surface area contributed by atoms with Gasteiger partial charge in [-0.1, -0.05) is 0 Å². The van der Waals surface area contributed by atoms with Crippen LogP contribution in [0.1, 0.15) is 27.6 Å². The summed E-state index contributed by atoms with van der Waals surface area (Å²) < 4.78 is 13.8. The normalized spacial score (nSPS) is 10.1. The van der Waals surface area contributed by atoms with Gasteiger partial charge in [0.25, 0.3) is 5.91 Å². The van der Waals surface area contributed by atoms with Crippen LogP contribution in [-0.2, 0) is 4.79 Å². The van der Waals surface area contributed by atoms with Crippen molar-refractivity contribution in [2.75, 3.05) is 11.9 Å². The third-order valence-corrected chi connectivity index (χ3v) is 3.20. The number of amides is 1. The molecule has 1 amide bonds. The Balaban J connectivity index is 2.12. The van der Waals surface area contributed by atoms with E-state index in [1.165, 1.54) is 37.3 Å². The fourth-order valence-corrected chi connectivity index (χ4v) is 1.96. The van der Waals surface area contributed by atoms with Crippen molar-refractivity contribution in [3.63, 3.8) is 0 Å². The lowest BCUT2D eigenvalue weighted by molar-refractivity contribution is -0.135. The van der Waals surface area contributed by atoms with Gasteiger partial charge in [0.1, 0.15) is 12.4 Å². The van der Waals surface area contributed by atoms with Gasteiger partial charge in [-0.25, -0.2) is 4.39 Å². The van der Waals surface area contributed by atoms with Gasteiger partial charge in [0.05, 0.1) is 5.69 Å². The van der Waals surface area contributed by atoms with E-state index in [1.807, 2.05) is 0 Å². The molecule has 0 heterocycles. The number of ketones is 1. The van der Waals surface area contributed by atoms with Crippen molar-refractivity contribution in [3.8, 4) is 0 Å². The van der Waals surface area contributed by atoms with E-state index in [2.05, 4.69) is 10.6 Å². The number of benzene rings is 2. The van der Waals surface area contributed by atoms with Crippen LogP contribution in [0.25, 0.3) is 0 Å². The molecule has 0 saturated heterocycles. The number of carboxylic acids is 1. The summed E-state index contributed by atoms with van der Waals surface area (Å²) in [4.78, 5) is 33.5. The fraction of sp³-hybridized carbons (Fsp3) is 0.118. The molecule has 0 bridgehead atoms. The van der Waals surface area contributed by atoms with E-state index >= 15 is 0 Å². The van der Waals surface area contributed by atoms with Crippen molar-refractivity contribution in [3.05, 3.63) is 59.4 Å². The Kier molecular flexibility index (Phi) is 5.26. The third-order valence-electron chi connectivity index (χ3n) is 3.20. The first-order valence-corrected chi connectivity index (χ1v) is 7.04. The van der Waals surface area contributed by atoms with Crippen LogP contribution in [0.3, 0.4) is 0 Å². The van der Waals surface area contributed by atoms with Crippen molar-refractivity contribution in [1.82, 2.24) is 5.32 Å². The summed E-state index contributed by atoms with van der Waals surface area (Å²) in [6.45, 7) is 0.920. The summed E-state index contributed by atoms with van der Waals surface area (Å²) in [6.07, 6.45) is 0. The highest BCUT2D eigenvalue weighted by molar-refractivity contribution is 5.96. The molecule has 0 fully saturated rings. The molecule has 0 unspecified atom stereocenters. The molecule has 124 valence electrons. The molecule has 2 rings (SSSR count). The number of carboxylic acid groups (broad SMARTS) is 1. The number of carbonyl (C=O) groups excluding carboxylic acids is 2. The largest absolute Gasteiger partial charge is 0.480 e. The Morgan fingerprint density at radius 3 is 2.25 bits per heavy atom. The molecule has 3 N–H and O–H groups in total. The lowest BCUT2D eigenvalue weighted by Gasteiger charge is -2.10. The maximum atomic E-state index is 13.8. The first-order valence-electron chi connectivity index (χ1n) is 7.04. The van der Waals surface area contributed by atoms with Crippen LogP contribution in [0.4, 0.5) is 15.8 Å². The van der Waals surface area contributed by atoms with Crippen LogP contribution in [0.5, 0.6) is 0 Å². The molecule has 2 aromatic carbocycles. The number of hydrogen-bond acceptors (Lipinski definition) is 4. The van der Waals surface area contributed by atoms with Crippen molar-refractivity contribution in [1.29, 1.82) is 0 Å². The number of carbonyl (C=O) groups is 3. The van der Waals surface area contributed by atoms with Crippen molar-refractivity contribution in [2.45, 2.75) is 6.92 Å². The highest BCUT2D eigenvalue weighted by atomic mass is 19.1. The summed E-state index contributed by atoms with van der Waals surface area (Å²) in [5.41, 5.74) is 1.32. The van der Waals surface area contributed by atoms with E-state index < -0.39 is 24.2 Å². The van der Waals surface area contributed by atoms with E-state index in [4.69, 9.17) is 5.11 Å². The van der Waals surface area contributed by atoms with Crippen LogP contribution in [-0.4, -0.2) is 29.3 Å². The highest BCUT2D eigenvalue weighted by Gasteiger charge is 2.09. The standard InChI is InChI=1S/C17H15FN2O4/c1-10(21)12-4-7-14(18)15(8-12)20-13-5-2-11(3-6-13)17(24)19-9-16(22)23/h2-8,20H,9H2,1H3,(H,19,24)(H,22,23). The van der Waals surface area contributed by atoms with Gasteiger partial charge in [-0.2, -0.15) is 0 Å². The molecule has 0 saturated carbocycles. The molecular weight excluding hydrogens is 315 g/mol. The number of hydrogen-bond donors (Lipinski definition) is 3. The Morgan fingerprint density at radius 2 is 1.67 bits per heavy atom. The third kappa shape index (κ3) is 4.39. The number of nitrogens with one attached hydrogen (secondary N) is 2. The predicted molar refractivity (Wildman–Crippen MR) is 86.1 cm³/mol. The lowest BCUT2D eigenvalue weighted by atomic mass is 10.1. The average molecular weight is 330 g/mol. The molecule has 0 aromatic heterocycles. The zero-order valence-corrected chi connectivity index (χ0v) is 12.8. The Hall–Kier alpha value is -3.22. The van der Waals surface area contributed by atoms with Crippen molar-refractivity contribution < 1.29 is 23.9 Å². The van der Waals surface area contributed by atoms with Crippen LogP contribution in [0, 0.1) is 5.82 Å². The zero-order chi connectivity index (χ0) is 17.7. The van der Waals surface area contributed by atoms with Gasteiger partial charge in [-0.05, 0) is 49.4 Å². The van der Waals surface area contributed by atoms with Gasteiger partial charge < -0.3 is 15.7 Å². The number of anilines is 2. The Labute approximate surface area is 137 Å². The van der Waals surface area contributed by atoms with Gasteiger partial charge in [-0.3, -0.25) is 14.4 Å². The molecule has 0 atom stereocenters. The quantitative estimate of drug-likeness (QED) is 0.708. The minimum Gasteiger partial charge on any atom is -0.480 e. The molecule has 0 spiro atoms. The molecule has 0 aliphatic rings. The smallest absolute Gasteiger partial charge is 0.322 e. The summed E-state index contributed by atoms with van der Waals surface area (Å²) in [5.74, 6) is -2.34. The first-order chi connectivity index (χ1) is 11.4. The molecule has 7 heteroatoms. The monoisotopic (exact) mass is 330 g/mol. The lowest BCUT2D eigenvalue weighted by Crippen LogP contribution is -2.29. The molecule has 6 nitrogen and oxygen atoms in total. The maximum Gasteiger partial charge on any atom is 0.322 e. The van der Waals surface area contributed by atoms with E-state index in [-0.39, 0.29) is 17.0 Å². The summed E-state index contributed by atoms with van der Waals surface area (Å²) in [6, 6.07) is 10.1. The maximum absolute atomic E-state index is 13.8. The summed E-state index contributed by atoms with van der Waals surface area (Å²) >= 11 is 0. The van der Waals surface area contributed by atoms with E-state index in [0.717, 1.165) is 0 Å². The van der Waals surface area contributed by atoms with Crippen LogP contribution < -0.4 is 10.6 Å². The highest BCUT2D eigenvalue weighted by Crippen LogP contribution is 2.22. The topological polar surface area (TPSA) is 95.5 Å². The minimum atomic E-state index is -1.14. The van der Waals surface area contributed by atoms with Gasteiger partial charge in [0, 0.05) is 16.8 Å². The number of halogens is 1. The first kappa shape index (κ1) is 17.1. The molecule has 0 aliphatic carbocycles. The van der Waals surface area contributed by atoms with E-state index in [0.29, 0.717) is 11.3 Å². The van der Waals surface area contributed by atoms with Gasteiger partial charge >= 0.3 is 5.97 Å². The van der Waals surface area contributed by atoms with Gasteiger partial charge in [0.2, 0.25) is 0 Å². The molecule has 0 radical (unpaired) electrons. The molecule has 0 aliphatic heterocycles. The number of Topliss-reactive ketones (excluding diaryl/α,β-unsaturated/α-hetero) is 1. The van der Waals surface area contributed by atoms with E-state index in [9.17, 15) is 18.8 Å². The van der Waals surface area contributed by atoms with Crippen molar-refractivity contribution >= 4 is 29.0 Å². The van der Waals surface area contributed by atoms with E-state index in [1.54, 1.807) is 12.1 Å². The summed E-state index contributed by atoms with van der Waals surface area (Å²) in [7, 11) is 0. The Morgan fingerprint density at radius 1 is 1.04 bits per heavy atom. The van der Waals surface area contributed by atoms with Crippen LogP contribution in [0.2, 0.25) is 0 Å². The molecule has 24 heavy (non-hydrogen) atoms. The number of rotatable bonds is 6. The number of aliphatic carboxylic acids is 1. The minimum absolute atomic E-state index is 0.144. The predicted octanol–water partition coefficient (Wildman–Crippen LogP) is 2.59. The Bertz CT molecular complexity index is 788. The second-order valence-corrected chi connectivity index (χ2v) is 5.03. The van der Waals surface area contributed by atoms with Crippen LogP contribution >= 0.6 is 0 Å². The van der Waals surface area contributed by atoms with Crippen molar-refractivity contribution in [2.24, 2.45) is 0 Å². The molecular formula is C17H15FN2O4.